The van der Waals surface area contributed by atoms with Gasteiger partial charge in [-0.15, -0.1) is 0 Å². The zero-order valence-corrected chi connectivity index (χ0v) is 18.1. The minimum absolute atomic E-state index is 0.120. The van der Waals surface area contributed by atoms with Gasteiger partial charge >= 0.3 is 6.18 Å². The van der Waals surface area contributed by atoms with Crippen LogP contribution in [0.1, 0.15) is 39.7 Å². The fourth-order valence-electron chi connectivity index (χ4n) is 2.87. The van der Waals surface area contributed by atoms with E-state index in [0.717, 1.165) is 21.9 Å². The molecule has 0 aliphatic heterocycles. The number of aryl methyl sites for hydroxylation is 3. The Kier molecular flexibility index (Phi) is 5.91. The van der Waals surface area contributed by atoms with Gasteiger partial charge in [-0.1, -0.05) is 11.6 Å². The number of alkyl halides is 3. The van der Waals surface area contributed by atoms with Crippen LogP contribution in [0, 0.1) is 20.8 Å². The maximum atomic E-state index is 13.3. The van der Waals surface area contributed by atoms with Crippen molar-refractivity contribution in [2.75, 3.05) is 6.54 Å². The molecular weight excluding hydrogens is 477 g/mol. The first-order valence-corrected chi connectivity index (χ1v) is 9.78. The third-order valence-corrected chi connectivity index (χ3v) is 5.79. The first-order valence-electron chi connectivity index (χ1n) is 8.61. The van der Waals surface area contributed by atoms with Crippen molar-refractivity contribution in [1.82, 2.24) is 29.7 Å². The minimum atomic E-state index is -4.66. The Morgan fingerprint density at radius 3 is 2.55 bits per heavy atom. The summed E-state index contributed by atoms with van der Waals surface area (Å²) in [5.41, 5.74) is 0.399. The molecule has 0 aliphatic rings. The lowest BCUT2D eigenvalue weighted by Crippen LogP contribution is -2.26. The second kappa shape index (κ2) is 7.94. The van der Waals surface area contributed by atoms with Crippen LogP contribution in [-0.2, 0) is 12.7 Å². The highest BCUT2D eigenvalue weighted by Crippen LogP contribution is 2.32. The van der Waals surface area contributed by atoms with Crippen molar-refractivity contribution < 1.29 is 18.0 Å². The maximum absolute atomic E-state index is 13.3. The number of nitrogens with one attached hydrogen (secondary N) is 1. The number of fused-ring (bicyclic) bond motifs is 1. The van der Waals surface area contributed by atoms with Crippen LogP contribution in [0.15, 0.2) is 10.5 Å². The number of nitrogens with zero attached hydrogens (tertiary/aromatic N) is 5. The van der Waals surface area contributed by atoms with E-state index in [4.69, 9.17) is 11.6 Å². The number of carbonyl (C=O) groups is 1. The van der Waals surface area contributed by atoms with Crippen LogP contribution in [0.25, 0.3) is 5.65 Å². The molecule has 156 valence electrons. The van der Waals surface area contributed by atoms with Gasteiger partial charge in [-0.3, -0.25) is 9.48 Å². The minimum Gasteiger partial charge on any atom is -0.351 e. The second-order valence-electron chi connectivity index (χ2n) is 6.50. The Morgan fingerprint density at radius 2 is 1.97 bits per heavy atom. The van der Waals surface area contributed by atoms with Gasteiger partial charge in [0.25, 0.3) is 5.91 Å². The lowest BCUT2D eigenvalue weighted by Gasteiger charge is -2.09. The van der Waals surface area contributed by atoms with Crippen LogP contribution < -0.4 is 5.32 Å². The highest BCUT2D eigenvalue weighted by atomic mass is 79.9. The Hall–Kier alpha value is -2.14. The largest absolute Gasteiger partial charge is 0.433 e. The van der Waals surface area contributed by atoms with Gasteiger partial charge in [0.1, 0.15) is 10.7 Å². The molecule has 3 rings (SSSR count). The Bertz CT molecular complexity index is 1090. The average molecular weight is 494 g/mol. The van der Waals surface area contributed by atoms with Gasteiger partial charge in [-0.05, 0) is 49.2 Å². The topological polar surface area (TPSA) is 77.1 Å². The summed E-state index contributed by atoms with van der Waals surface area (Å²) in [6.45, 7) is 6.06. The number of halogens is 5. The van der Waals surface area contributed by atoms with Crippen molar-refractivity contribution in [1.29, 1.82) is 0 Å². The first-order chi connectivity index (χ1) is 13.5. The monoisotopic (exact) mass is 492 g/mol. The van der Waals surface area contributed by atoms with Crippen LogP contribution in [-0.4, -0.2) is 36.8 Å². The molecule has 0 aliphatic carbocycles. The molecule has 0 saturated carbocycles. The van der Waals surface area contributed by atoms with Crippen molar-refractivity contribution in [3.8, 4) is 0 Å². The molecule has 1 amide bonds. The summed E-state index contributed by atoms with van der Waals surface area (Å²) in [6.07, 6.45) is -4.10. The fraction of sp³-hybridized carbons (Fsp3) is 0.412. The summed E-state index contributed by atoms with van der Waals surface area (Å²) < 4.78 is 43.1. The molecule has 0 spiro atoms. The number of rotatable bonds is 5. The number of amides is 1. The SMILES string of the molecule is Cc1cc(C(F)(F)F)n2nc(C(=O)NCCCn3nc(C)c(Br)c3C)c(Cl)c2n1. The molecule has 3 aromatic heterocycles. The van der Waals surface area contributed by atoms with Crippen molar-refractivity contribution in [2.24, 2.45) is 0 Å². The van der Waals surface area contributed by atoms with E-state index in [1.807, 2.05) is 18.5 Å². The lowest BCUT2D eigenvalue weighted by atomic mass is 10.3. The summed E-state index contributed by atoms with van der Waals surface area (Å²) in [6, 6.07) is 0.852. The summed E-state index contributed by atoms with van der Waals surface area (Å²) in [5, 5.41) is 10.5. The van der Waals surface area contributed by atoms with Crippen LogP contribution in [0.3, 0.4) is 0 Å². The van der Waals surface area contributed by atoms with E-state index in [1.165, 1.54) is 6.92 Å². The molecule has 0 fully saturated rings. The zero-order chi connectivity index (χ0) is 21.5. The smallest absolute Gasteiger partial charge is 0.351 e. The van der Waals surface area contributed by atoms with Gasteiger partial charge in [0.15, 0.2) is 11.3 Å². The molecule has 0 bridgehead atoms. The Morgan fingerprint density at radius 1 is 1.28 bits per heavy atom. The average Bonchev–Trinajstić information content (AvgIpc) is 3.09. The molecule has 0 aromatic carbocycles. The van der Waals surface area contributed by atoms with Gasteiger partial charge in [-0.25, -0.2) is 9.50 Å². The predicted molar refractivity (Wildman–Crippen MR) is 104 cm³/mol. The predicted octanol–water partition coefficient (Wildman–Crippen LogP) is 4.11. The van der Waals surface area contributed by atoms with Gasteiger partial charge in [-0.2, -0.15) is 23.4 Å². The fourth-order valence-corrected chi connectivity index (χ4v) is 3.40. The normalized spacial score (nSPS) is 12.0. The van der Waals surface area contributed by atoms with Gasteiger partial charge in [0.05, 0.1) is 10.2 Å². The summed E-state index contributed by atoms with van der Waals surface area (Å²) in [7, 11) is 0. The summed E-state index contributed by atoms with van der Waals surface area (Å²) in [4.78, 5) is 16.4. The van der Waals surface area contributed by atoms with Crippen molar-refractivity contribution in [3.05, 3.63) is 44.0 Å². The van der Waals surface area contributed by atoms with Gasteiger partial charge in [0.2, 0.25) is 0 Å². The maximum Gasteiger partial charge on any atom is 0.433 e. The number of carbonyl (C=O) groups excluding carboxylic acids is 1. The lowest BCUT2D eigenvalue weighted by molar-refractivity contribution is -0.142. The van der Waals surface area contributed by atoms with E-state index in [0.29, 0.717) is 17.5 Å². The van der Waals surface area contributed by atoms with E-state index in [9.17, 15) is 18.0 Å². The highest BCUT2D eigenvalue weighted by Gasteiger charge is 2.36. The molecule has 0 radical (unpaired) electrons. The molecule has 0 saturated heterocycles. The Labute approximate surface area is 177 Å². The molecule has 0 atom stereocenters. The van der Waals surface area contributed by atoms with E-state index in [-0.39, 0.29) is 28.6 Å². The summed E-state index contributed by atoms with van der Waals surface area (Å²) in [5.74, 6) is -0.666. The molecule has 0 unspecified atom stereocenters. The quantitative estimate of drug-likeness (QED) is 0.543. The standard InChI is InChI=1S/C17H17BrClF3N6O/c1-8-7-11(17(20,21)22)28-15(24-8)13(19)14(26-28)16(29)23-5-4-6-27-10(3)12(18)9(2)25-27/h7H,4-6H2,1-3H3,(H,23,29). The van der Waals surface area contributed by atoms with Crippen LogP contribution >= 0.6 is 27.5 Å². The van der Waals surface area contributed by atoms with Crippen molar-refractivity contribution in [3.63, 3.8) is 0 Å². The Balaban J connectivity index is 1.74. The third kappa shape index (κ3) is 4.25. The first kappa shape index (κ1) is 21.6. The third-order valence-electron chi connectivity index (χ3n) is 4.29. The molecule has 7 nitrogen and oxygen atoms in total. The van der Waals surface area contributed by atoms with Crippen molar-refractivity contribution >= 4 is 39.1 Å². The van der Waals surface area contributed by atoms with E-state index in [1.54, 1.807) is 0 Å². The van der Waals surface area contributed by atoms with Crippen LogP contribution in [0.5, 0.6) is 0 Å². The molecule has 3 heterocycles. The van der Waals surface area contributed by atoms with E-state index >= 15 is 0 Å². The molecular formula is C17H17BrClF3N6O. The van der Waals surface area contributed by atoms with Crippen LogP contribution in [0.2, 0.25) is 5.02 Å². The highest BCUT2D eigenvalue weighted by molar-refractivity contribution is 9.10. The molecule has 3 aromatic rings. The molecule has 1 N–H and O–H groups in total. The molecule has 29 heavy (non-hydrogen) atoms. The van der Waals surface area contributed by atoms with E-state index in [2.05, 4.69) is 36.4 Å². The molecule has 12 heteroatoms. The van der Waals surface area contributed by atoms with E-state index < -0.39 is 17.8 Å². The summed E-state index contributed by atoms with van der Waals surface area (Å²) >= 11 is 9.55. The van der Waals surface area contributed by atoms with Crippen molar-refractivity contribution in [2.45, 2.75) is 39.9 Å². The number of aromatic nitrogens is 5. The number of hydrogen-bond acceptors (Lipinski definition) is 4. The second-order valence-corrected chi connectivity index (χ2v) is 7.67. The van der Waals surface area contributed by atoms with Crippen LogP contribution in [0.4, 0.5) is 13.2 Å². The van der Waals surface area contributed by atoms with Gasteiger partial charge in [0, 0.05) is 24.5 Å². The number of hydrogen-bond donors (Lipinski definition) is 1. The zero-order valence-electron chi connectivity index (χ0n) is 15.7. The van der Waals surface area contributed by atoms with Gasteiger partial charge < -0.3 is 5.32 Å².